The smallest absolute Gasteiger partial charge is 0.337 e. The number of hydroxylamine groups is 1. The minimum atomic E-state index is -1.22. The third kappa shape index (κ3) is 7.64. The van der Waals surface area contributed by atoms with Crippen molar-refractivity contribution in [1.82, 2.24) is 10.8 Å². The number of benzene rings is 2. The van der Waals surface area contributed by atoms with Gasteiger partial charge in [0.05, 0.1) is 12.7 Å². The first kappa shape index (κ1) is 28.8. The fraction of sp³-hybridized carbons (Fsp3) is 0.448. The van der Waals surface area contributed by atoms with Crippen LogP contribution in [0.2, 0.25) is 0 Å². The molecule has 1 aliphatic carbocycles. The Morgan fingerprint density at radius 2 is 1.66 bits per heavy atom. The van der Waals surface area contributed by atoms with Crippen molar-refractivity contribution < 1.29 is 29.1 Å². The van der Waals surface area contributed by atoms with E-state index in [0.717, 1.165) is 37.7 Å². The number of ether oxygens (including phenoxy) is 1. The molecule has 1 saturated carbocycles. The fourth-order valence-corrected chi connectivity index (χ4v) is 5.03. The highest BCUT2D eigenvalue weighted by molar-refractivity contribution is 6.01. The highest BCUT2D eigenvalue weighted by Crippen LogP contribution is 2.34. The molecule has 1 aliphatic rings. The lowest BCUT2D eigenvalue weighted by molar-refractivity contribution is -0.138. The Balaban J connectivity index is 1.80. The molecule has 2 aromatic rings. The zero-order chi connectivity index (χ0) is 27.5. The van der Waals surface area contributed by atoms with Crippen LogP contribution in [0.4, 0.5) is 5.69 Å². The van der Waals surface area contributed by atoms with Crippen LogP contribution < -0.4 is 16.1 Å². The second-order valence-electron chi connectivity index (χ2n) is 10.0. The lowest BCUT2D eigenvalue weighted by atomic mass is 9.74. The van der Waals surface area contributed by atoms with Crippen LogP contribution in [-0.4, -0.2) is 41.5 Å². The van der Waals surface area contributed by atoms with Crippen LogP contribution in [0.15, 0.2) is 54.6 Å². The molecule has 3 rings (SSSR count). The first-order chi connectivity index (χ1) is 18.3. The summed E-state index contributed by atoms with van der Waals surface area (Å²) in [6.45, 7) is 1.74. The van der Waals surface area contributed by atoms with Gasteiger partial charge in [0.1, 0.15) is 5.54 Å². The molecule has 0 aliphatic heterocycles. The molecule has 0 spiro atoms. The van der Waals surface area contributed by atoms with Crippen LogP contribution in [0, 0.1) is 11.8 Å². The number of hydrogen-bond acceptors (Lipinski definition) is 6. The van der Waals surface area contributed by atoms with E-state index in [1.807, 2.05) is 30.3 Å². The van der Waals surface area contributed by atoms with Gasteiger partial charge in [-0.3, -0.25) is 19.6 Å². The average Bonchev–Trinajstić information content (AvgIpc) is 2.95. The van der Waals surface area contributed by atoms with Gasteiger partial charge in [0.15, 0.2) is 0 Å². The Morgan fingerprint density at radius 3 is 2.26 bits per heavy atom. The molecule has 9 heteroatoms. The Morgan fingerprint density at radius 1 is 1.00 bits per heavy atom. The van der Waals surface area contributed by atoms with Crippen molar-refractivity contribution in [2.45, 2.75) is 63.8 Å². The van der Waals surface area contributed by atoms with Gasteiger partial charge in [-0.05, 0) is 68.4 Å². The third-order valence-electron chi connectivity index (χ3n) is 7.39. The Hall–Kier alpha value is -3.72. The second kappa shape index (κ2) is 13.7. The number of carbonyl (C=O) groups excluding carboxylic acids is 4. The summed E-state index contributed by atoms with van der Waals surface area (Å²) in [4.78, 5) is 51.0. The van der Waals surface area contributed by atoms with E-state index in [9.17, 15) is 19.2 Å². The monoisotopic (exact) mass is 523 g/mol. The van der Waals surface area contributed by atoms with E-state index < -0.39 is 29.2 Å². The van der Waals surface area contributed by atoms with Gasteiger partial charge in [-0.25, -0.2) is 10.3 Å². The van der Waals surface area contributed by atoms with Gasteiger partial charge in [-0.2, -0.15) is 0 Å². The van der Waals surface area contributed by atoms with E-state index in [1.54, 1.807) is 36.7 Å². The quantitative estimate of drug-likeness (QED) is 0.200. The summed E-state index contributed by atoms with van der Waals surface area (Å²) in [6, 6.07) is 16.0. The molecule has 0 heterocycles. The van der Waals surface area contributed by atoms with Gasteiger partial charge >= 0.3 is 5.97 Å². The molecular formula is C29H37N3O6. The molecular weight excluding hydrogens is 486 g/mol. The van der Waals surface area contributed by atoms with Crippen LogP contribution in [0.25, 0.3) is 0 Å². The van der Waals surface area contributed by atoms with E-state index in [1.165, 1.54) is 7.11 Å². The minimum Gasteiger partial charge on any atom is -0.465 e. The zero-order valence-electron chi connectivity index (χ0n) is 22.0. The number of nitrogens with one attached hydrogen (secondary N) is 3. The van der Waals surface area contributed by atoms with Crippen molar-refractivity contribution in [2.75, 3.05) is 12.4 Å². The molecule has 0 bridgehead atoms. The van der Waals surface area contributed by atoms with Crippen molar-refractivity contribution in [3.05, 3.63) is 65.7 Å². The normalized spacial score (nSPS) is 16.0. The van der Waals surface area contributed by atoms with Gasteiger partial charge < -0.3 is 15.4 Å². The number of aryl methyl sites for hydroxylation is 1. The zero-order valence-corrected chi connectivity index (χ0v) is 22.0. The molecule has 2 unspecified atom stereocenters. The number of methoxy groups -OCH3 is 1. The summed E-state index contributed by atoms with van der Waals surface area (Å²) in [5, 5.41) is 15.0. The maximum Gasteiger partial charge on any atom is 0.337 e. The lowest BCUT2D eigenvalue weighted by Crippen LogP contribution is -2.61. The number of anilines is 1. The molecule has 38 heavy (non-hydrogen) atoms. The Bertz CT molecular complexity index is 1100. The number of rotatable bonds is 11. The minimum absolute atomic E-state index is 0.0871. The second-order valence-corrected chi connectivity index (χ2v) is 10.0. The van der Waals surface area contributed by atoms with Crippen LogP contribution in [0.1, 0.15) is 67.8 Å². The molecule has 1 fully saturated rings. The average molecular weight is 524 g/mol. The van der Waals surface area contributed by atoms with E-state index in [-0.39, 0.29) is 18.2 Å². The number of hydrogen-bond donors (Lipinski definition) is 4. The van der Waals surface area contributed by atoms with E-state index in [2.05, 4.69) is 10.6 Å². The van der Waals surface area contributed by atoms with Crippen LogP contribution in [0.5, 0.6) is 0 Å². The van der Waals surface area contributed by atoms with Crippen LogP contribution in [0.3, 0.4) is 0 Å². The standard InChI is InChI=1S/C29H37N3O6/c1-29(23-11-7-4-8-12-23,28(36)30-24-17-15-21(16-18-24)27(35)38-2)31-26(34)22(19-25(33)32-37)14-13-20-9-5-3-6-10-20/h3,5-6,9-10,15-18,22-23,37H,4,7-8,11-14,19H2,1-2H3,(H,30,36)(H,31,34)(H,32,33). The SMILES string of the molecule is COC(=O)c1ccc(NC(=O)C(C)(NC(=O)C(CCc2ccccc2)CC(=O)NO)C2CCCCC2)cc1. The number of carbonyl (C=O) groups is 4. The molecule has 2 aromatic carbocycles. The molecule has 9 nitrogen and oxygen atoms in total. The van der Waals surface area contributed by atoms with Crippen molar-refractivity contribution >= 4 is 29.4 Å². The van der Waals surface area contributed by atoms with E-state index >= 15 is 0 Å². The Kier molecular flexibility index (Phi) is 10.4. The summed E-state index contributed by atoms with van der Waals surface area (Å²) in [5.74, 6) is -2.73. The first-order valence-corrected chi connectivity index (χ1v) is 13.1. The van der Waals surface area contributed by atoms with Gasteiger partial charge in [0.2, 0.25) is 17.7 Å². The van der Waals surface area contributed by atoms with Crippen molar-refractivity contribution in [1.29, 1.82) is 0 Å². The highest BCUT2D eigenvalue weighted by Gasteiger charge is 2.44. The van der Waals surface area contributed by atoms with Crippen LogP contribution >= 0.6 is 0 Å². The molecule has 0 radical (unpaired) electrons. The summed E-state index contributed by atoms with van der Waals surface area (Å²) in [6.07, 6.45) is 5.31. The number of amides is 3. The number of esters is 1. The van der Waals surface area contributed by atoms with Gasteiger partial charge in [-0.15, -0.1) is 0 Å². The lowest BCUT2D eigenvalue weighted by Gasteiger charge is -2.40. The molecule has 2 atom stereocenters. The first-order valence-electron chi connectivity index (χ1n) is 13.1. The summed E-state index contributed by atoms with van der Waals surface area (Å²) < 4.78 is 4.72. The summed E-state index contributed by atoms with van der Waals surface area (Å²) in [5.41, 5.74) is 2.26. The summed E-state index contributed by atoms with van der Waals surface area (Å²) in [7, 11) is 1.30. The predicted octanol–water partition coefficient (Wildman–Crippen LogP) is 4.01. The van der Waals surface area contributed by atoms with E-state index in [4.69, 9.17) is 9.94 Å². The largest absolute Gasteiger partial charge is 0.465 e. The van der Waals surface area contributed by atoms with Crippen LogP contribution in [-0.2, 0) is 25.5 Å². The third-order valence-corrected chi connectivity index (χ3v) is 7.39. The van der Waals surface area contributed by atoms with Crippen molar-refractivity contribution in [3.63, 3.8) is 0 Å². The van der Waals surface area contributed by atoms with Gasteiger partial charge in [0.25, 0.3) is 0 Å². The van der Waals surface area contributed by atoms with Gasteiger partial charge in [-0.1, -0.05) is 49.6 Å². The Labute approximate surface area is 223 Å². The van der Waals surface area contributed by atoms with Gasteiger partial charge in [0, 0.05) is 18.0 Å². The van der Waals surface area contributed by atoms with E-state index in [0.29, 0.717) is 24.1 Å². The molecule has 204 valence electrons. The molecule has 4 N–H and O–H groups in total. The maximum absolute atomic E-state index is 13.7. The van der Waals surface area contributed by atoms with Crippen molar-refractivity contribution in [3.8, 4) is 0 Å². The summed E-state index contributed by atoms with van der Waals surface area (Å²) >= 11 is 0. The molecule has 0 aromatic heterocycles. The highest BCUT2D eigenvalue weighted by atomic mass is 16.5. The molecule has 0 saturated heterocycles. The molecule has 3 amide bonds. The van der Waals surface area contributed by atoms with Crippen molar-refractivity contribution in [2.24, 2.45) is 11.8 Å². The topological polar surface area (TPSA) is 134 Å². The fourth-order valence-electron chi connectivity index (χ4n) is 5.03. The maximum atomic E-state index is 13.7. The predicted molar refractivity (Wildman–Crippen MR) is 142 cm³/mol.